The Kier molecular flexibility index (Phi) is 6.00. The predicted octanol–water partition coefficient (Wildman–Crippen LogP) is 4.03. The topological polar surface area (TPSA) is 29.1 Å². The average molecular weight is 316 g/mol. The summed E-state index contributed by atoms with van der Waals surface area (Å²) < 4.78 is 0. The summed E-state index contributed by atoms with van der Waals surface area (Å²) in [7, 11) is 0. The second kappa shape index (κ2) is 7.52. The lowest BCUT2D eigenvalue weighted by Gasteiger charge is -2.21. The highest BCUT2D eigenvalue weighted by Gasteiger charge is 2.25. The number of hydrogen-bond donors (Lipinski definition) is 1. The van der Waals surface area contributed by atoms with Crippen LogP contribution in [0.5, 0.6) is 0 Å². The largest absolute Gasteiger partial charge is 0.356 e. The van der Waals surface area contributed by atoms with Crippen LogP contribution in [0.2, 0.25) is 0 Å². The van der Waals surface area contributed by atoms with Crippen molar-refractivity contribution in [3.05, 3.63) is 0 Å². The van der Waals surface area contributed by atoms with E-state index in [-0.39, 0.29) is 5.91 Å². The lowest BCUT2D eigenvalue weighted by atomic mass is 9.86. The maximum Gasteiger partial charge on any atom is 0.220 e. The van der Waals surface area contributed by atoms with Crippen LogP contribution in [0.3, 0.4) is 0 Å². The van der Waals surface area contributed by atoms with Gasteiger partial charge >= 0.3 is 0 Å². The monoisotopic (exact) mass is 315 g/mol. The molecule has 1 N–H and O–H groups in total. The summed E-state index contributed by atoms with van der Waals surface area (Å²) in [5.74, 6) is 1.75. The molecule has 104 valence electrons. The Labute approximate surface area is 119 Å². The summed E-state index contributed by atoms with van der Waals surface area (Å²) in [6.07, 6.45) is 12.5. The number of carbonyl (C=O) groups is 1. The van der Waals surface area contributed by atoms with E-state index in [0.717, 1.165) is 25.3 Å². The van der Waals surface area contributed by atoms with Crippen LogP contribution in [0.4, 0.5) is 0 Å². The fourth-order valence-electron chi connectivity index (χ4n) is 3.37. The van der Waals surface area contributed by atoms with Gasteiger partial charge in [-0.25, -0.2) is 0 Å². The van der Waals surface area contributed by atoms with E-state index in [1.807, 2.05) is 0 Å². The first-order valence-electron chi connectivity index (χ1n) is 7.66. The molecule has 1 amide bonds. The van der Waals surface area contributed by atoms with Crippen LogP contribution in [-0.2, 0) is 4.79 Å². The lowest BCUT2D eigenvalue weighted by Crippen LogP contribution is -2.31. The molecule has 3 heteroatoms. The van der Waals surface area contributed by atoms with Crippen molar-refractivity contribution in [2.45, 2.75) is 69.0 Å². The highest BCUT2D eigenvalue weighted by Crippen LogP contribution is 2.31. The van der Waals surface area contributed by atoms with Gasteiger partial charge in [-0.1, -0.05) is 54.5 Å². The number of amides is 1. The molecule has 2 fully saturated rings. The third kappa shape index (κ3) is 4.56. The first kappa shape index (κ1) is 14.4. The van der Waals surface area contributed by atoms with Gasteiger partial charge in [0, 0.05) is 17.8 Å². The molecule has 0 bridgehead atoms. The van der Waals surface area contributed by atoms with Gasteiger partial charge in [-0.15, -0.1) is 0 Å². The summed E-state index contributed by atoms with van der Waals surface area (Å²) >= 11 is 3.71. The van der Waals surface area contributed by atoms with Crippen molar-refractivity contribution in [2.75, 3.05) is 6.54 Å². The van der Waals surface area contributed by atoms with Crippen molar-refractivity contribution in [3.63, 3.8) is 0 Å². The van der Waals surface area contributed by atoms with Crippen LogP contribution in [0.25, 0.3) is 0 Å². The minimum Gasteiger partial charge on any atom is -0.356 e. The Bertz CT molecular complexity index is 263. The zero-order valence-electron chi connectivity index (χ0n) is 11.3. The maximum atomic E-state index is 11.8. The third-order valence-electron chi connectivity index (χ3n) is 4.63. The Morgan fingerprint density at radius 2 is 1.83 bits per heavy atom. The van der Waals surface area contributed by atoms with E-state index in [1.165, 1.54) is 51.4 Å². The van der Waals surface area contributed by atoms with Gasteiger partial charge in [0.15, 0.2) is 0 Å². The summed E-state index contributed by atoms with van der Waals surface area (Å²) in [6.45, 7) is 0.874. The zero-order chi connectivity index (χ0) is 12.8. The van der Waals surface area contributed by atoms with E-state index < -0.39 is 0 Å². The SMILES string of the molecule is O=C(CCC1CCCCC1)NCC1CCCC1Br. The molecule has 0 heterocycles. The van der Waals surface area contributed by atoms with Crippen LogP contribution in [0, 0.1) is 11.8 Å². The molecule has 2 aliphatic rings. The van der Waals surface area contributed by atoms with Gasteiger partial charge in [0.05, 0.1) is 0 Å². The highest BCUT2D eigenvalue weighted by molar-refractivity contribution is 9.09. The van der Waals surface area contributed by atoms with Crippen molar-refractivity contribution < 1.29 is 4.79 Å². The number of carbonyl (C=O) groups excluding carboxylic acids is 1. The molecular weight excluding hydrogens is 290 g/mol. The van der Waals surface area contributed by atoms with Crippen molar-refractivity contribution >= 4 is 21.8 Å². The second-order valence-electron chi connectivity index (χ2n) is 6.05. The molecule has 2 aliphatic carbocycles. The summed E-state index contributed by atoms with van der Waals surface area (Å²) in [4.78, 5) is 12.4. The molecule has 2 unspecified atom stereocenters. The number of alkyl halides is 1. The molecular formula is C15H26BrNO. The van der Waals surface area contributed by atoms with E-state index in [0.29, 0.717) is 10.7 Å². The number of nitrogens with one attached hydrogen (secondary N) is 1. The molecule has 2 saturated carbocycles. The van der Waals surface area contributed by atoms with Crippen molar-refractivity contribution in [1.29, 1.82) is 0 Å². The summed E-state index contributed by atoms with van der Waals surface area (Å²) in [5, 5.41) is 3.13. The maximum absolute atomic E-state index is 11.8. The van der Waals surface area contributed by atoms with Crippen LogP contribution in [0.1, 0.15) is 64.2 Å². The fraction of sp³-hybridized carbons (Fsp3) is 0.933. The zero-order valence-corrected chi connectivity index (χ0v) is 12.9. The van der Waals surface area contributed by atoms with E-state index in [2.05, 4.69) is 21.2 Å². The predicted molar refractivity (Wildman–Crippen MR) is 78.9 cm³/mol. The third-order valence-corrected chi connectivity index (χ3v) is 5.84. The molecule has 2 atom stereocenters. The molecule has 2 rings (SSSR count). The van der Waals surface area contributed by atoms with Gasteiger partial charge in [0.2, 0.25) is 5.91 Å². The molecule has 0 saturated heterocycles. The van der Waals surface area contributed by atoms with Crippen LogP contribution >= 0.6 is 15.9 Å². The van der Waals surface area contributed by atoms with Gasteiger partial charge in [-0.2, -0.15) is 0 Å². The minimum absolute atomic E-state index is 0.271. The summed E-state index contributed by atoms with van der Waals surface area (Å²) in [6, 6.07) is 0. The summed E-state index contributed by atoms with van der Waals surface area (Å²) in [5.41, 5.74) is 0. The molecule has 0 aromatic heterocycles. The Hall–Kier alpha value is -0.0500. The normalized spacial score (nSPS) is 29.4. The van der Waals surface area contributed by atoms with Crippen LogP contribution < -0.4 is 5.32 Å². The van der Waals surface area contributed by atoms with Gasteiger partial charge < -0.3 is 5.32 Å². The second-order valence-corrected chi connectivity index (χ2v) is 7.23. The fourth-order valence-corrected chi connectivity index (χ4v) is 4.14. The average Bonchev–Trinajstić information content (AvgIpc) is 2.81. The molecule has 0 aliphatic heterocycles. The lowest BCUT2D eigenvalue weighted by molar-refractivity contribution is -0.121. The Morgan fingerprint density at radius 1 is 1.06 bits per heavy atom. The van der Waals surface area contributed by atoms with Gasteiger partial charge in [-0.05, 0) is 31.1 Å². The first-order chi connectivity index (χ1) is 8.75. The highest BCUT2D eigenvalue weighted by atomic mass is 79.9. The van der Waals surface area contributed by atoms with Crippen molar-refractivity contribution in [2.24, 2.45) is 11.8 Å². The smallest absolute Gasteiger partial charge is 0.220 e. The van der Waals surface area contributed by atoms with Gasteiger partial charge in [0.25, 0.3) is 0 Å². The molecule has 0 radical (unpaired) electrons. The molecule has 0 spiro atoms. The molecule has 0 aromatic rings. The first-order valence-corrected chi connectivity index (χ1v) is 8.58. The minimum atomic E-state index is 0.271. The van der Waals surface area contributed by atoms with E-state index in [4.69, 9.17) is 0 Å². The number of hydrogen-bond acceptors (Lipinski definition) is 1. The van der Waals surface area contributed by atoms with Gasteiger partial charge in [0.1, 0.15) is 0 Å². The van der Waals surface area contributed by atoms with Crippen LogP contribution in [-0.4, -0.2) is 17.3 Å². The van der Waals surface area contributed by atoms with E-state index in [9.17, 15) is 4.79 Å². The molecule has 0 aromatic carbocycles. The van der Waals surface area contributed by atoms with E-state index in [1.54, 1.807) is 0 Å². The van der Waals surface area contributed by atoms with Gasteiger partial charge in [-0.3, -0.25) is 4.79 Å². The molecule has 2 nitrogen and oxygen atoms in total. The number of halogens is 1. The van der Waals surface area contributed by atoms with Crippen molar-refractivity contribution in [3.8, 4) is 0 Å². The van der Waals surface area contributed by atoms with Crippen molar-refractivity contribution in [1.82, 2.24) is 5.32 Å². The van der Waals surface area contributed by atoms with E-state index >= 15 is 0 Å². The number of rotatable bonds is 5. The van der Waals surface area contributed by atoms with Crippen LogP contribution in [0.15, 0.2) is 0 Å². The quantitative estimate of drug-likeness (QED) is 0.763. The standard InChI is InChI=1S/C15H26BrNO/c16-14-8-4-7-13(14)11-17-15(18)10-9-12-5-2-1-3-6-12/h12-14H,1-11H2,(H,17,18). The molecule has 18 heavy (non-hydrogen) atoms. The Morgan fingerprint density at radius 3 is 2.50 bits per heavy atom. The Balaban J connectivity index is 1.57.